The first-order valence-corrected chi connectivity index (χ1v) is 9.20. The van der Waals surface area contributed by atoms with Gasteiger partial charge in [0.15, 0.2) is 0 Å². The Labute approximate surface area is 150 Å². The van der Waals surface area contributed by atoms with E-state index in [4.69, 9.17) is 11.6 Å². The lowest BCUT2D eigenvalue weighted by Crippen LogP contribution is -2.26. The fourth-order valence-corrected chi connectivity index (χ4v) is 3.81. The topological polar surface area (TPSA) is 42.0 Å². The van der Waals surface area contributed by atoms with Crippen molar-refractivity contribution in [3.63, 3.8) is 0 Å². The number of thiazole rings is 1. The molecule has 1 atom stereocenters. The predicted octanol–water partition coefficient (Wildman–Crippen LogP) is 5.15. The Morgan fingerprint density at radius 1 is 1.25 bits per heavy atom. The second kappa shape index (κ2) is 7.77. The molecule has 0 aliphatic carbocycles. The molecule has 1 N–H and O–H groups in total. The maximum atomic E-state index is 12.1. The van der Waals surface area contributed by atoms with Crippen molar-refractivity contribution < 1.29 is 4.79 Å². The van der Waals surface area contributed by atoms with Crippen LogP contribution in [0.1, 0.15) is 36.4 Å². The number of carbonyl (C=O) groups is 1. The number of benzene rings is 2. The molecule has 24 heavy (non-hydrogen) atoms. The maximum Gasteiger partial charge on any atom is 0.220 e. The summed E-state index contributed by atoms with van der Waals surface area (Å²) in [6.07, 6.45) is 2.13. The fourth-order valence-electron chi connectivity index (χ4n) is 2.60. The zero-order valence-electron chi connectivity index (χ0n) is 13.5. The van der Waals surface area contributed by atoms with Gasteiger partial charge in [0, 0.05) is 11.4 Å². The quantitative estimate of drug-likeness (QED) is 0.662. The largest absolute Gasteiger partial charge is 0.350 e. The molecule has 1 aromatic heterocycles. The number of hydrogen-bond acceptors (Lipinski definition) is 3. The van der Waals surface area contributed by atoms with Crippen molar-refractivity contribution in [2.75, 3.05) is 0 Å². The van der Waals surface area contributed by atoms with Gasteiger partial charge >= 0.3 is 0 Å². The zero-order valence-corrected chi connectivity index (χ0v) is 15.0. The molecule has 0 aliphatic heterocycles. The lowest BCUT2D eigenvalue weighted by molar-refractivity contribution is -0.121. The van der Waals surface area contributed by atoms with E-state index in [0.29, 0.717) is 11.4 Å². The van der Waals surface area contributed by atoms with Crippen molar-refractivity contribution in [2.24, 2.45) is 0 Å². The molecule has 5 heteroatoms. The number of amides is 1. The summed E-state index contributed by atoms with van der Waals surface area (Å²) in [6.45, 7) is 1.97. The molecule has 0 radical (unpaired) electrons. The minimum atomic E-state index is -0.0429. The Balaban J connectivity index is 1.48. The van der Waals surface area contributed by atoms with Crippen LogP contribution in [0.4, 0.5) is 0 Å². The van der Waals surface area contributed by atoms with E-state index in [1.54, 1.807) is 11.3 Å². The number of aryl methyl sites for hydroxylation is 1. The van der Waals surface area contributed by atoms with Gasteiger partial charge in [-0.2, -0.15) is 0 Å². The second-order valence-corrected chi connectivity index (χ2v) is 7.32. The SMILES string of the molecule is CC(NC(=O)CCCc1nc2ccccc2s1)c1cccc(Cl)c1. The van der Waals surface area contributed by atoms with Gasteiger partial charge in [-0.25, -0.2) is 4.98 Å². The predicted molar refractivity (Wildman–Crippen MR) is 101 cm³/mol. The molecule has 0 fully saturated rings. The first-order valence-electron chi connectivity index (χ1n) is 8.01. The summed E-state index contributed by atoms with van der Waals surface area (Å²) in [7, 11) is 0. The molecule has 2 aromatic carbocycles. The Bertz CT molecular complexity index is 813. The smallest absolute Gasteiger partial charge is 0.220 e. The van der Waals surface area contributed by atoms with Crippen LogP contribution in [0.3, 0.4) is 0 Å². The summed E-state index contributed by atoms with van der Waals surface area (Å²) in [5, 5.41) is 4.80. The number of fused-ring (bicyclic) bond motifs is 1. The van der Waals surface area contributed by atoms with Crippen LogP contribution >= 0.6 is 22.9 Å². The molecule has 3 rings (SSSR count). The summed E-state index contributed by atoms with van der Waals surface area (Å²) < 4.78 is 1.20. The number of aromatic nitrogens is 1. The minimum Gasteiger partial charge on any atom is -0.350 e. The van der Waals surface area contributed by atoms with Gasteiger partial charge < -0.3 is 5.32 Å². The monoisotopic (exact) mass is 358 g/mol. The first kappa shape index (κ1) is 16.9. The third-order valence-electron chi connectivity index (χ3n) is 3.86. The van der Waals surface area contributed by atoms with E-state index in [-0.39, 0.29) is 11.9 Å². The molecule has 1 amide bonds. The van der Waals surface area contributed by atoms with Crippen LogP contribution in [0.2, 0.25) is 5.02 Å². The lowest BCUT2D eigenvalue weighted by atomic mass is 10.1. The van der Waals surface area contributed by atoms with Gasteiger partial charge in [-0.3, -0.25) is 4.79 Å². The molecule has 3 aromatic rings. The number of nitrogens with one attached hydrogen (secondary N) is 1. The standard InChI is InChI=1S/C19H19ClN2OS/c1-13(14-6-4-7-15(20)12-14)21-18(23)10-5-11-19-22-16-8-2-3-9-17(16)24-19/h2-4,6-9,12-13H,5,10-11H2,1H3,(H,21,23). The number of carbonyl (C=O) groups excluding carboxylic acids is 1. The highest BCUT2D eigenvalue weighted by molar-refractivity contribution is 7.18. The van der Waals surface area contributed by atoms with E-state index in [1.807, 2.05) is 49.4 Å². The molecule has 3 nitrogen and oxygen atoms in total. The number of halogens is 1. The number of nitrogens with zero attached hydrogens (tertiary/aromatic N) is 1. The first-order chi connectivity index (χ1) is 11.6. The molecule has 0 aliphatic rings. The Morgan fingerprint density at radius 3 is 2.88 bits per heavy atom. The maximum absolute atomic E-state index is 12.1. The molecule has 0 saturated heterocycles. The van der Waals surface area contributed by atoms with Gasteiger partial charge in [0.25, 0.3) is 0 Å². The molecule has 124 valence electrons. The fraction of sp³-hybridized carbons (Fsp3) is 0.263. The summed E-state index contributed by atoms with van der Waals surface area (Å²) in [4.78, 5) is 16.7. The van der Waals surface area contributed by atoms with E-state index in [9.17, 15) is 4.79 Å². The average molecular weight is 359 g/mol. The molecular weight excluding hydrogens is 340 g/mol. The van der Waals surface area contributed by atoms with Gasteiger partial charge in [0.1, 0.15) is 0 Å². The van der Waals surface area contributed by atoms with E-state index in [2.05, 4.69) is 16.4 Å². The number of hydrogen-bond donors (Lipinski definition) is 1. The summed E-state index contributed by atoms with van der Waals surface area (Å²) >= 11 is 7.70. The number of para-hydroxylation sites is 1. The van der Waals surface area contributed by atoms with Gasteiger partial charge in [0.05, 0.1) is 21.3 Å². The molecule has 1 heterocycles. The van der Waals surface area contributed by atoms with Crippen molar-refractivity contribution in [3.05, 3.63) is 64.1 Å². The number of rotatable bonds is 6. The van der Waals surface area contributed by atoms with Crippen LogP contribution in [-0.2, 0) is 11.2 Å². The highest BCUT2D eigenvalue weighted by Gasteiger charge is 2.10. The van der Waals surface area contributed by atoms with Crippen LogP contribution in [0.15, 0.2) is 48.5 Å². The van der Waals surface area contributed by atoms with Crippen LogP contribution in [0, 0.1) is 0 Å². The van der Waals surface area contributed by atoms with E-state index in [1.165, 1.54) is 4.70 Å². The van der Waals surface area contributed by atoms with Gasteiger partial charge in [-0.05, 0) is 49.6 Å². The van der Waals surface area contributed by atoms with Crippen molar-refractivity contribution in [3.8, 4) is 0 Å². The van der Waals surface area contributed by atoms with E-state index >= 15 is 0 Å². The molecule has 0 bridgehead atoms. The van der Waals surface area contributed by atoms with Gasteiger partial charge in [-0.1, -0.05) is 35.9 Å². The van der Waals surface area contributed by atoms with Crippen molar-refractivity contribution in [2.45, 2.75) is 32.2 Å². The Hall–Kier alpha value is -1.91. The third-order valence-corrected chi connectivity index (χ3v) is 5.19. The second-order valence-electron chi connectivity index (χ2n) is 5.77. The zero-order chi connectivity index (χ0) is 16.9. The lowest BCUT2D eigenvalue weighted by Gasteiger charge is -2.14. The van der Waals surface area contributed by atoms with Crippen molar-refractivity contribution in [1.82, 2.24) is 10.3 Å². The average Bonchev–Trinajstić information content (AvgIpc) is 2.97. The molecule has 1 unspecified atom stereocenters. The van der Waals surface area contributed by atoms with Gasteiger partial charge in [-0.15, -0.1) is 11.3 Å². The summed E-state index contributed by atoms with van der Waals surface area (Å²) in [6, 6.07) is 15.7. The van der Waals surface area contributed by atoms with Gasteiger partial charge in [0.2, 0.25) is 5.91 Å². The Kier molecular flexibility index (Phi) is 5.48. The van der Waals surface area contributed by atoms with Crippen molar-refractivity contribution >= 4 is 39.1 Å². The molecule has 0 saturated carbocycles. The summed E-state index contributed by atoms with van der Waals surface area (Å²) in [5.41, 5.74) is 2.05. The van der Waals surface area contributed by atoms with Crippen LogP contribution in [0.5, 0.6) is 0 Å². The van der Waals surface area contributed by atoms with Crippen LogP contribution in [0.25, 0.3) is 10.2 Å². The highest BCUT2D eigenvalue weighted by Crippen LogP contribution is 2.23. The minimum absolute atomic E-state index is 0.0429. The third kappa shape index (κ3) is 4.34. The van der Waals surface area contributed by atoms with Crippen molar-refractivity contribution in [1.29, 1.82) is 0 Å². The molecule has 0 spiro atoms. The van der Waals surface area contributed by atoms with Crippen LogP contribution < -0.4 is 5.32 Å². The van der Waals surface area contributed by atoms with E-state index < -0.39 is 0 Å². The Morgan fingerprint density at radius 2 is 2.08 bits per heavy atom. The normalized spacial score (nSPS) is 12.2. The van der Waals surface area contributed by atoms with Crippen LogP contribution in [-0.4, -0.2) is 10.9 Å². The highest BCUT2D eigenvalue weighted by atomic mass is 35.5. The molecular formula is C19H19ClN2OS. The van der Waals surface area contributed by atoms with E-state index in [0.717, 1.165) is 28.9 Å². The summed E-state index contributed by atoms with van der Waals surface area (Å²) in [5.74, 6) is 0.0589.